The van der Waals surface area contributed by atoms with E-state index >= 15 is 0 Å². The fraction of sp³-hybridized carbons (Fsp3) is 0.583. The number of aryl methyl sites for hydroxylation is 1. The van der Waals surface area contributed by atoms with E-state index in [4.69, 9.17) is 37.4 Å². The van der Waals surface area contributed by atoms with Crippen molar-refractivity contribution in [3.05, 3.63) is 44.3 Å². The van der Waals surface area contributed by atoms with Crippen LogP contribution in [0.5, 0.6) is 11.5 Å². The SMILES string of the molecule is COC1CN(CCCCn2ccc(=O)[nH]2)CCC1CNC(=O)c1cc(Cl)c(Cl)c2c1OCCCO2. The zero-order chi connectivity index (χ0) is 24.8. The van der Waals surface area contributed by atoms with E-state index in [1.54, 1.807) is 13.3 Å². The molecule has 11 heteroatoms. The van der Waals surface area contributed by atoms with E-state index in [0.29, 0.717) is 43.2 Å². The number of amides is 1. The van der Waals surface area contributed by atoms with Crippen molar-refractivity contribution in [1.29, 1.82) is 0 Å². The molecule has 0 bridgehead atoms. The summed E-state index contributed by atoms with van der Waals surface area (Å²) in [5.74, 6) is 0.596. The maximum Gasteiger partial charge on any atom is 0.264 e. The number of hydrogen-bond acceptors (Lipinski definition) is 6. The number of nitrogens with one attached hydrogen (secondary N) is 2. The van der Waals surface area contributed by atoms with Gasteiger partial charge in [0.05, 0.1) is 29.9 Å². The fourth-order valence-electron chi connectivity index (χ4n) is 4.61. The van der Waals surface area contributed by atoms with E-state index in [2.05, 4.69) is 15.3 Å². The van der Waals surface area contributed by atoms with Crippen molar-refractivity contribution < 1.29 is 19.0 Å². The average Bonchev–Trinajstić information content (AvgIpc) is 3.12. The highest BCUT2D eigenvalue weighted by Gasteiger charge is 2.30. The Morgan fingerprint density at radius 1 is 1.23 bits per heavy atom. The number of unbranched alkanes of at least 4 members (excludes halogenated alkanes) is 1. The fourth-order valence-corrected chi connectivity index (χ4v) is 5.00. The predicted octanol–water partition coefficient (Wildman–Crippen LogP) is 3.19. The van der Waals surface area contributed by atoms with Crippen LogP contribution in [0.25, 0.3) is 0 Å². The third-order valence-corrected chi connectivity index (χ3v) is 7.32. The molecule has 1 saturated heterocycles. The molecule has 192 valence electrons. The smallest absolute Gasteiger partial charge is 0.264 e. The van der Waals surface area contributed by atoms with Gasteiger partial charge in [0, 0.05) is 51.3 Å². The van der Waals surface area contributed by atoms with Crippen molar-refractivity contribution in [1.82, 2.24) is 20.0 Å². The lowest BCUT2D eigenvalue weighted by Gasteiger charge is -2.38. The molecule has 3 heterocycles. The Balaban J connectivity index is 1.28. The van der Waals surface area contributed by atoms with E-state index in [1.165, 1.54) is 12.1 Å². The number of rotatable bonds is 9. The van der Waals surface area contributed by atoms with Crippen LogP contribution < -0.4 is 20.3 Å². The predicted molar refractivity (Wildman–Crippen MR) is 134 cm³/mol. The van der Waals surface area contributed by atoms with E-state index in [9.17, 15) is 9.59 Å². The molecule has 0 spiro atoms. The molecular weight excluding hydrogens is 495 g/mol. The number of aromatic amines is 1. The Labute approximate surface area is 214 Å². The molecule has 0 aliphatic carbocycles. The number of fused-ring (bicyclic) bond motifs is 1. The normalized spacial score (nSPS) is 20.4. The molecule has 2 atom stereocenters. The number of hydrogen-bond donors (Lipinski definition) is 2. The Morgan fingerprint density at radius 3 is 2.74 bits per heavy atom. The number of methoxy groups -OCH3 is 1. The van der Waals surface area contributed by atoms with E-state index in [1.807, 2.05) is 4.68 Å². The van der Waals surface area contributed by atoms with Crippen LogP contribution >= 0.6 is 23.2 Å². The van der Waals surface area contributed by atoms with Gasteiger partial charge in [-0.3, -0.25) is 19.4 Å². The lowest BCUT2D eigenvalue weighted by atomic mass is 9.93. The number of H-pyrrole nitrogens is 1. The molecule has 35 heavy (non-hydrogen) atoms. The number of nitrogens with zero attached hydrogens (tertiary/aromatic N) is 2. The van der Waals surface area contributed by atoms with Crippen molar-refractivity contribution in [2.45, 2.75) is 38.3 Å². The molecule has 2 N–H and O–H groups in total. The van der Waals surface area contributed by atoms with Crippen LogP contribution in [0.1, 0.15) is 36.0 Å². The highest BCUT2D eigenvalue weighted by molar-refractivity contribution is 6.43. The number of carbonyl (C=O) groups is 1. The molecule has 4 rings (SSSR count). The van der Waals surface area contributed by atoms with Gasteiger partial charge < -0.3 is 24.4 Å². The minimum absolute atomic E-state index is 0.0235. The monoisotopic (exact) mass is 526 g/mol. The molecule has 0 radical (unpaired) electrons. The van der Waals surface area contributed by atoms with Crippen molar-refractivity contribution in [3.8, 4) is 11.5 Å². The zero-order valence-electron chi connectivity index (χ0n) is 19.9. The first kappa shape index (κ1) is 25.9. The second kappa shape index (κ2) is 12.2. The number of carbonyl (C=O) groups excluding carboxylic acids is 1. The number of benzene rings is 1. The highest BCUT2D eigenvalue weighted by atomic mass is 35.5. The Morgan fingerprint density at radius 2 is 2.00 bits per heavy atom. The van der Waals surface area contributed by atoms with Gasteiger partial charge in [0.1, 0.15) is 5.02 Å². The Kier molecular flexibility index (Phi) is 8.99. The molecule has 1 aromatic heterocycles. The summed E-state index contributed by atoms with van der Waals surface area (Å²) in [6, 6.07) is 3.07. The average molecular weight is 527 g/mol. The molecule has 0 saturated carbocycles. The molecule has 1 aromatic carbocycles. The lowest BCUT2D eigenvalue weighted by Crippen LogP contribution is -2.48. The summed E-state index contributed by atoms with van der Waals surface area (Å²) < 4.78 is 19.1. The van der Waals surface area contributed by atoms with Crippen molar-refractivity contribution in [2.24, 2.45) is 5.92 Å². The number of likely N-dealkylation sites (tertiary alicyclic amines) is 1. The quantitative estimate of drug-likeness (QED) is 0.487. The molecule has 2 aliphatic heterocycles. The van der Waals surface area contributed by atoms with Crippen LogP contribution in [0, 0.1) is 5.92 Å². The maximum absolute atomic E-state index is 13.1. The van der Waals surface area contributed by atoms with Crippen LogP contribution in [0.2, 0.25) is 10.0 Å². The number of halogens is 2. The first-order valence-electron chi connectivity index (χ1n) is 12.0. The second-order valence-corrected chi connectivity index (χ2v) is 9.74. The molecular formula is C24H32Cl2N4O5. The van der Waals surface area contributed by atoms with Crippen molar-refractivity contribution in [2.75, 3.05) is 46.5 Å². The molecule has 9 nitrogen and oxygen atoms in total. The minimum Gasteiger partial charge on any atom is -0.489 e. The van der Waals surface area contributed by atoms with Gasteiger partial charge in [0.2, 0.25) is 0 Å². The number of ether oxygens (including phenoxy) is 3. The summed E-state index contributed by atoms with van der Waals surface area (Å²) in [4.78, 5) is 26.7. The Bertz CT molecular complexity index is 1070. The molecule has 2 aliphatic rings. The molecule has 1 amide bonds. The van der Waals surface area contributed by atoms with Crippen LogP contribution in [-0.4, -0.2) is 73.2 Å². The van der Waals surface area contributed by atoms with Crippen molar-refractivity contribution >= 4 is 29.1 Å². The number of aromatic nitrogens is 2. The van der Waals surface area contributed by atoms with Gasteiger partial charge in [0.15, 0.2) is 11.5 Å². The first-order chi connectivity index (χ1) is 17.0. The largest absolute Gasteiger partial charge is 0.489 e. The summed E-state index contributed by atoms with van der Waals surface area (Å²) in [6.07, 6.45) is 5.43. The molecule has 2 aromatic rings. The van der Waals surface area contributed by atoms with Crippen LogP contribution in [-0.2, 0) is 11.3 Å². The second-order valence-electron chi connectivity index (χ2n) is 8.95. The van der Waals surface area contributed by atoms with E-state index < -0.39 is 0 Å². The van der Waals surface area contributed by atoms with Crippen LogP contribution in [0.3, 0.4) is 0 Å². The van der Waals surface area contributed by atoms with Gasteiger partial charge in [-0.1, -0.05) is 23.2 Å². The summed E-state index contributed by atoms with van der Waals surface area (Å²) in [5.41, 5.74) is 0.254. The van der Waals surface area contributed by atoms with Gasteiger partial charge in [-0.05, 0) is 38.4 Å². The summed E-state index contributed by atoms with van der Waals surface area (Å²) in [5, 5.41) is 6.31. The number of piperidine rings is 1. The zero-order valence-corrected chi connectivity index (χ0v) is 21.4. The van der Waals surface area contributed by atoms with Crippen molar-refractivity contribution in [3.63, 3.8) is 0 Å². The van der Waals surface area contributed by atoms with E-state index in [-0.39, 0.29) is 33.5 Å². The maximum atomic E-state index is 13.1. The standard InChI is InChI=1S/C24H32Cl2N4O5/c1-33-19-15-29(7-2-3-8-30-10-6-20(31)28-30)9-5-16(19)14-27-24(32)17-13-18(25)21(26)23-22(17)34-11-4-12-35-23/h6,10,13,16,19H,2-5,7-9,11-12,14-15H2,1H3,(H,27,32)(H,28,31). The highest BCUT2D eigenvalue weighted by Crippen LogP contribution is 2.44. The topological polar surface area (TPSA) is 97.8 Å². The lowest BCUT2D eigenvalue weighted by molar-refractivity contribution is -0.0108. The van der Waals surface area contributed by atoms with Crippen LogP contribution in [0.4, 0.5) is 0 Å². The minimum atomic E-state index is -0.273. The summed E-state index contributed by atoms with van der Waals surface area (Å²) in [6.45, 7) is 4.91. The van der Waals surface area contributed by atoms with Gasteiger partial charge >= 0.3 is 0 Å². The first-order valence-corrected chi connectivity index (χ1v) is 12.8. The summed E-state index contributed by atoms with van der Waals surface area (Å²) in [7, 11) is 1.72. The van der Waals surface area contributed by atoms with Gasteiger partial charge in [-0.2, -0.15) is 0 Å². The molecule has 2 unspecified atom stereocenters. The van der Waals surface area contributed by atoms with Gasteiger partial charge in [-0.15, -0.1) is 0 Å². The van der Waals surface area contributed by atoms with E-state index in [0.717, 1.165) is 45.4 Å². The van der Waals surface area contributed by atoms with Gasteiger partial charge in [-0.25, -0.2) is 0 Å². The summed E-state index contributed by atoms with van der Waals surface area (Å²) >= 11 is 12.5. The van der Waals surface area contributed by atoms with Crippen LogP contribution in [0.15, 0.2) is 23.1 Å². The third kappa shape index (κ3) is 6.52. The Hall–Kier alpha value is -2.20. The third-order valence-electron chi connectivity index (χ3n) is 6.55. The van der Waals surface area contributed by atoms with Gasteiger partial charge in [0.25, 0.3) is 11.5 Å². The molecule has 1 fully saturated rings.